The lowest BCUT2D eigenvalue weighted by molar-refractivity contribution is -0.137. The lowest BCUT2D eigenvalue weighted by Crippen LogP contribution is -2.52. The minimum Gasteiger partial charge on any atom is -0.342 e. The molecule has 1 saturated heterocycles. The highest BCUT2D eigenvalue weighted by molar-refractivity contribution is 7.89. The molecule has 3 aromatic rings. The minimum atomic E-state index is -3.51. The summed E-state index contributed by atoms with van der Waals surface area (Å²) in [6.07, 6.45) is 1.90. The summed E-state index contributed by atoms with van der Waals surface area (Å²) in [5.41, 5.74) is 4.04. The molecule has 0 N–H and O–H groups in total. The number of aryl methyl sites for hydroxylation is 1. The molecule has 0 aliphatic carbocycles. The van der Waals surface area contributed by atoms with Crippen LogP contribution in [0.3, 0.4) is 0 Å². The van der Waals surface area contributed by atoms with E-state index in [1.54, 1.807) is 6.92 Å². The van der Waals surface area contributed by atoms with Crippen molar-refractivity contribution in [2.45, 2.75) is 58.5 Å². The summed E-state index contributed by atoms with van der Waals surface area (Å²) in [6, 6.07) is 27.6. The number of hydrogen-bond donors (Lipinski definition) is 0. The van der Waals surface area contributed by atoms with Crippen LogP contribution in [0.1, 0.15) is 61.3 Å². The predicted octanol–water partition coefficient (Wildman–Crippen LogP) is 5.21. The molecule has 1 aliphatic heterocycles. The van der Waals surface area contributed by atoms with Gasteiger partial charge >= 0.3 is 0 Å². The second-order valence-electron chi connectivity index (χ2n) is 11.0. The summed E-state index contributed by atoms with van der Waals surface area (Å²) < 4.78 is 26.8. The van der Waals surface area contributed by atoms with E-state index in [2.05, 4.69) is 0 Å². The molecule has 3 aromatic carbocycles. The predicted molar refractivity (Wildman–Crippen MR) is 167 cm³/mol. The van der Waals surface area contributed by atoms with Gasteiger partial charge in [0.2, 0.25) is 21.8 Å². The van der Waals surface area contributed by atoms with Gasteiger partial charge in [0.1, 0.15) is 0 Å². The Morgan fingerprint density at radius 2 is 1.40 bits per heavy atom. The number of benzene rings is 3. The Kier molecular flexibility index (Phi) is 10.9. The average molecular weight is 590 g/mol. The summed E-state index contributed by atoms with van der Waals surface area (Å²) in [6.45, 7) is 7.17. The Bertz CT molecular complexity index is 1380. The molecule has 7 nitrogen and oxygen atoms in total. The molecule has 0 radical (unpaired) electrons. The lowest BCUT2D eigenvalue weighted by Gasteiger charge is -2.40. The van der Waals surface area contributed by atoms with Crippen LogP contribution >= 0.6 is 0 Å². The summed E-state index contributed by atoms with van der Waals surface area (Å²) >= 11 is 0. The maximum atomic E-state index is 14.0. The maximum absolute atomic E-state index is 14.0. The van der Waals surface area contributed by atoms with Gasteiger partial charge < -0.3 is 9.80 Å². The van der Waals surface area contributed by atoms with Gasteiger partial charge in [-0.3, -0.25) is 9.59 Å². The van der Waals surface area contributed by atoms with Crippen molar-refractivity contribution >= 4 is 21.8 Å². The van der Waals surface area contributed by atoms with Crippen molar-refractivity contribution in [3.05, 3.63) is 107 Å². The summed E-state index contributed by atoms with van der Waals surface area (Å²) in [4.78, 5) is 31.6. The van der Waals surface area contributed by atoms with E-state index in [0.29, 0.717) is 45.4 Å². The zero-order chi connectivity index (χ0) is 30.1. The Labute approximate surface area is 251 Å². The van der Waals surface area contributed by atoms with Crippen LogP contribution in [-0.2, 0) is 26.2 Å². The van der Waals surface area contributed by atoms with Crippen molar-refractivity contribution in [2.75, 3.05) is 31.9 Å². The van der Waals surface area contributed by atoms with Crippen LogP contribution in [0.2, 0.25) is 0 Å². The summed E-state index contributed by atoms with van der Waals surface area (Å²) in [5, 5.41) is 0. The maximum Gasteiger partial charge on any atom is 0.238 e. The number of piperidine rings is 1. The van der Waals surface area contributed by atoms with Gasteiger partial charge in [0.25, 0.3) is 0 Å². The van der Waals surface area contributed by atoms with E-state index in [1.165, 1.54) is 4.31 Å². The van der Waals surface area contributed by atoms with Crippen LogP contribution in [0.25, 0.3) is 0 Å². The van der Waals surface area contributed by atoms with Crippen molar-refractivity contribution in [1.82, 2.24) is 14.1 Å². The van der Waals surface area contributed by atoms with E-state index in [9.17, 15) is 18.0 Å². The zero-order valence-electron chi connectivity index (χ0n) is 25.0. The summed E-state index contributed by atoms with van der Waals surface area (Å²) in [7, 11) is -3.51. The standard InChI is InChI=1S/C34H43N3O4S/c1-4-22-36(42(40,41)5-2)26-32(38)37(25-30-19-13-12-14-27(30)3)31-20-23-35(24-21-31)34(39)33(28-15-8-6-9-16-28)29-17-10-7-11-18-29/h6-19,31,33H,4-5,20-26H2,1-3H3. The van der Waals surface area contributed by atoms with Crippen molar-refractivity contribution in [2.24, 2.45) is 0 Å². The molecule has 0 unspecified atom stereocenters. The zero-order valence-corrected chi connectivity index (χ0v) is 25.8. The topological polar surface area (TPSA) is 78.0 Å². The fraction of sp³-hybridized carbons (Fsp3) is 0.412. The van der Waals surface area contributed by atoms with Crippen LogP contribution in [-0.4, -0.2) is 72.3 Å². The number of rotatable bonds is 12. The molecule has 8 heteroatoms. The number of amides is 2. The van der Waals surface area contributed by atoms with Crippen LogP contribution in [0.4, 0.5) is 0 Å². The lowest BCUT2D eigenvalue weighted by atomic mass is 9.89. The molecule has 0 bridgehead atoms. The van der Waals surface area contributed by atoms with Gasteiger partial charge in [-0.15, -0.1) is 0 Å². The van der Waals surface area contributed by atoms with Gasteiger partial charge in [0, 0.05) is 32.2 Å². The van der Waals surface area contributed by atoms with Gasteiger partial charge in [-0.25, -0.2) is 8.42 Å². The third-order valence-electron chi connectivity index (χ3n) is 8.19. The Morgan fingerprint density at radius 3 is 1.93 bits per heavy atom. The third-order valence-corrected chi connectivity index (χ3v) is 10.0. The van der Waals surface area contributed by atoms with E-state index >= 15 is 0 Å². The second kappa shape index (κ2) is 14.6. The molecule has 0 atom stereocenters. The molecule has 42 heavy (non-hydrogen) atoms. The van der Waals surface area contributed by atoms with Gasteiger partial charge in [-0.2, -0.15) is 4.31 Å². The molecular formula is C34H43N3O4S. The van der Waals surface area contributed by atoms with E-state index in [4.69, 9.17) is 0 Å². The molecule has 4 rings (SSSR count). The normalized spacial score (nSPS) is 14.4. The fourth-order valence-electron chi connectivity index (χ4n) is 5.73. The number of carbonyl (C=O) groups excluding carboxylic acids is 2. The van der Waals surface area contributed by atoms with Crippen molar-refractivity contribution in [3.8, 4) is 0 Å². The summed E-state index contributed by atoms with van der Waals surface area (Å²) in [5.74, 6) is -0.566. The van der Waals surface area contributed by atoms with Crippen LogP contribution in [0.5, 0.6) is 0 Å². The molecule has 0 saturated carbocycles. The van der Waals surface area contributed by atoms with Gasteiger partial charge in [-0.05, 0) is 55.4 Å². The Hall–Kier alpha value is -3.49. The van der Waals surface area contributed by atoms with E-state index < -0.39 is 15.9 Å². The second-order valence-corrected chi connectivity index (χ2v) is 13.3. The van der Waals surface area contributed by atoms with Crippen molar-refractivity contribution in [1.29, 1.82) is 0 Å². The van der Waals surface area contributed by atoms with Crippen LogP contribution in [0.15, 0.2) is 84.9 Å². The first-order valence-corrected chi connectivity index (χ1v) is 16.6. The van der Waals surface area contributed by atoms with Gasteiger partial charge in [0.05, 0.1) is 18.2 Å². The Balaban J connectivity index is 1.54. The number of carbonyl (C=O) groups is 2. The first-order valence-electron chi connectivity index (χ1n) is 15.0. The molecule has 1 aliphatic rings. The van der Waals surface area contributed by atoms with E-state index in [0.717, 1.165) is 22.3 Å². The third kappa shape index (κ3) is 7.66. The molecular weight excluding hydrogens is 546 g/mol. The van der Waals surface area contributed by atoms with E-state index in [1.807, 2.05) is 109 Å². The largest absolute Gasteiger partial charge is 0.342 e. The molecule has 0 aromatic heterocycles. The first-order chi connectivity index (χ1) is 20.2. The quantitative estimate of drug-likeness (QED) is 0.291. The molecule has 2 amide bonds. The molecule has 1 fully saturated rings. The highest BCUT2D eigenvalue weighted by Gasteiger charge is 2.35. The number of sulfonamides is 1. The van der Waals surface area contributed by atoms with Gasteiger partial charge in [0.15, 0.2) is 0 Å². The van der Waals surface area contributed by atoms with E-state index in [-0.39, 0.29) is 30.2 Å². The molecule has 224 valence electrons. The average Bonchev–Trinajstić information content (AvgIpc) is 3.01. The van der Waals surface area contributed by atoms with Crippen LogP contribution in [0, 0.1) is 6.92 Å². The molecule has 1 heterocycles. The molecule has 0 spiro atoms. The first kappa shape index (κ1) is 31.4. The SMILES string of the molecule is CCCN(CC(=O)N(Cc1ccccc1C)C1CCN(C(=O)C(c2ccccc2)c2ccccc2)CC1)S(=O)(=O)CC. The van der Waals surface area contributed by atoms with Crippen molar-refractivity contribution < 1.29 is 18.0 Å². The fourth-order valence-corrected chi connectivity index (χ4v) is 6.86. The monoisotopic (exact) mass is 589 g/mol. The van der Waals surface area contributed by atoms with Crippen LogP contribution < -0.4 is 0 Å². The Morgan fingerprint density at radius 1 is 0.857 bits per heavy atom. The van der Waals surface area contributed by atoms with Gasteiger partial charge in [-0.1, -0.05) is 91.9 Å². The number of likely N-dealkylation sites (tertiary alicyclic amines) is 1. The highest BCUT2D eigenvalue weighted by atomic mass is 32.2. The smallest absolute Gasteiger partial charge is 0.238 e. The number of nitrogens with zero attached hydrogens (tertiary/aromatic N) is 3. The highest BCUT2D eigenvalue weighted by Crippen LogP contribution is 2.29. The van der Waals surface area contributed by atoms with Crippen molar-refractivity contribution in [3.63, 3.8) is 0 Å². The number of hydrogen-bond acceptors (Lipinski definition) is 4. The minimum absolute atomic E-state index is 0.0391.